The summed E-state index contributed by atoms with van der Waals surface area (Å²) in [5, 5.41) is 2.96. The van der Waals surface area contributed by atoms with Crippen LogP contribution >= 0.6 is 0 Å². The molecule has 0 aromatic heterocycles. The number of rotatable bonds is 3. The summed E-state index contributed by atoms with van der Waals surface area (Å²) in [5.41, 5.74) is -0.498. The maximum atomic E-state index is 12.7. The van der Waals surface area contributed by atoms with Crippen LogP contribution in [0.25, 0.3) is 0 Å². The highest BCUT2D eigenvalue weighted by molar-refractivity contribution is 5.91. The van der Waals surface area contributed by atoms with Crippen LogP contribution in [0.3, 0.4) is 0 Å². The van der Waals surface area contributed by atoms with Gasteiger partial charge in [-0.15, -0.1) is 0 Å². The van der Waals surface area contributed by atoms with Crippen LogP contribution < -0.4 is 5.32 Å². The van der Waals surface area contributed by atoms with E-state index in [1.54, 1.807) is 0 Å². The molecule has 0 radical (unpaired) electrons. The third-order valence-corrected chi connectivity index (χ3v) is 5.77. The second-order valence-electron chi connectivity index (χ2n) is 8.55. The van der Waals surface area contributed by atoms with Crippen molar-refractivity contribution in [2.45, 2.75) is 59.3 Å². The van der Waals surface area contributed by atoms with Crippen molar-refractivity contribution < 1.29 is 9.59 Å². The van der Waals surface area contributed by atoms with Gasteiger partial charge in [0.25, 0.3) is 0 Å². The van der Waals surface area contributed by atoms with Gasteiger partial charge in [-0.2, -0.15) is 0 Å². The van der Waals surface area contributed by atoms with Crippen LogP contribution in [0.5, 0.6) is 0 Å². The molecule has 3 heteroatoms. The molecule has 1 amide bonds. The van der Waals surface area contributed by atoms with E-state index in [9.17, 15) is 9.59 Å². The third-order valence-electron chi connectivity index (χ3n) is 5.77. The number of nitrogens with one attached hydrogen (secondary N) is 1. The predicted octanol–water partition coefficient (Wildman–Crippen LogP) is 2.93. The van der Waals surface area contributed by atoms with Crippen LogP contribution in [-0.4, -0.2) is 18.2 Å². The van der Waals surface area contributed by atoms with Gasteiger partial charge in [-0.25, -0.2) is 0 Å². The number of amides is 1. The van der Waals surface area contributed by atoms with E-state index in [1.165, 1.54) is 19.3 Å². The molecule has 3 nitrogen and oxygen atoms in total. The molecule has 4 aliphatic carbocycles. The van der Waals surface area contributed by atoms with Crippen molar-refractivity contribution in [3.8, 4) is 0 Å². The summed E-state index contributed by atoms with van der Waals surface area (Å²) in [4.78, 5) is 24.6. The highest BCUT2D eigenvalue weighted by Crippen LogP contribution is 2.60. The molecule has 0 spiro atoms. The van der Waals surface area contributed by atoms with Crippen LogP contribution in [0.4, 0.5) is 0 Å². The van der Waals surface area contributed by atoms with Crippen molar-refractivity contribution in [2.24, 2.45) is 28.6 Å². The average Bonchev–Trinajstić information content (AvgIpc) is 2.32. The number of hydrogen-bond acceptors (Lipinski definition) is 2. The first kappa shape index (κ1) is 14.1. The Kier molecular flexibility index (Phi) is 3.22. The van der Waals surface area contributed by atoms with Gasteiger partial charge in [-0.1, -0.05) is 20.8 Å². The lowest BCUT2D eigenvalue weighted by Crippen LogP contribution is -2.54. The summed E-state index contributed by atoms with van der Waals surface area (Å²) in [7, 11) is 0. The minimum atomic E-state index is -0.366. The first-order valence-corrected chi connectivity index (χ1v) is 8.10. The summed E-state index contributed by atoms with van der Waals surface area (Å²) in [6.45, 7) is 5.93. The molecule has 4 fully saturated rings. The topological polar surface area (TPSA) is 46.2 Å². The Hall–Kier alpha value is -0.860. The van der Waals surface area contributed by atoms with Crippen molar-refractivity contribution >= 4 is 11.7 Å². The van der Waals surface area contributed by atoms with Gasteiger partial charge in [0.15, 0.2) is 5.78 Å². The lowest BCUT2D eigenvalue weighted by molar-refractivity contribution is -0.147. The van der Waals surface area contributed by atoms with E-state index in [4.69, 9.17) is 0 Å². The van der Waals surface area contributed by atoms with E-state index in [-0.39, 0.29) is 29.1 Å². The number of carbonyl (C=O) groups is 2. The second-order valence-corrected chi connectivity index (χ2v) is 8.55. The van der Waals surface area contributed by atoms with Gasteiger partial charge in [0.2, 0.25) is 5.91 Å². The Bertz CT molecular complexity index is 397. The summed E-state index contributed by atoms with van der Waals surface area (Å²) in [6.07, 6.45) is 7.21. The third kappa shape index (κ3) is 2.40. The van der Waals surface area contributed by atoms with Crippen molar-refractivity contribution in [2.75, 3.05) is 6.54 Å². The predicted molar refractivity (Wildman–Crippen MR) is 78.1 cm³/mol. The fraction of sp³-hybridized carbons (Fsp3) is 0.882. The van der Waals surface area contributed by atoms with Crippen LogP contribution in [0, 0.1) is 28.6 Å². The number of carbonyl (C=O) groups excluding carboxylic acids is 2. The molecular formula is C17H27NO2. The lowest BCUT2D eigenvalue weighted by Gasteiger charge is -2.55. The van der Waals surface area contributed by atoms with Crippen molar-refractivity contribution in [3.05, 3.63) is 0 Å². The van der Waals surface area contributed by atoms with Crippen LogP contribution in [0.15, 0.2) is 0 Å². The Morgan fingerprint density at radius 3 is 1.85 bits per heavy atom. The van der Waals surface area contributed by atoms with Gasteiger partial charge in [-0.05, 0) is 56.3 Å². The van der Waals surface area contributed by atoms with E-state index in [1.807, 2.05) is 20.8 Å². The minimum Gasteiger partial charge on any atom is -0.349 e. The Morgan fingerprint density at radius 2 is 1.45 bits per heavy atom. The zero-order chi connectivity index (χ0) is 14.5. The van der Waals surface area contributed by atoms with Gasteiger partial charge in [0.1, 0.15) is 0 Å². The standard InChI is InChI=1S/C17H27NO2/c1-16(2,3)14(19)10-18-15(20)17-7-11-4-12(8-17)6-13(5-11)9-17/h11-13H,4-10H2,1-3H3,(H,18,20). The van der Waals surface area contributed by atoms with E-state index in [0.717, 1.165) is 37.0 Å². The van der Waals surface area contributed by atoms with E-state index in [2.05, 4.69) is 5.32 Å². The molecule has 1 N–H and O–H groups in total. The molecule has 4 aliphatic rings. The normalized spacial score (nSPS) is 38.9. The Balaban J connectivity index is 1.64. The first-order chi connectivity index (χ1) is 9.28. The molecule has 0 aromatic carbocycles. The molecule has 0 aromatic rings. The van der Waals surface area contributed by atoms with Crippen LogP contribution in [0.2, 0.25) is 0 Å². The highest BCUT2D eigenvalue weighted by atomic mass is 16.2. The van der Waals surface area contributed by atoms with Crippen molar-refractivity contribution in [3.63, 3.8) is 0 Å². The van der Waals surface area contributed by atoms with Gasteiger partial charge in [0.05, 0.1) is 6.54 Å². The van der Waals surface area contributed by atoms with Crippen LogP contribution in [0.1, 0.15) is 59.3 Å². The molecule has 0 saturated heterocycles. The molecule has 112 valence electrons. The van der Waals surface area contributed by atoms with E-state index >= 15 is 0 Å². The van der Waals surface area contributed by atoms with Gasteiger partial charge in [0, 0.05) is 10.8 Å². The fourth-order valence-corrected chi connectivity index (χ4v) is 5.00. The second kappa shape index (κ2) is 4.57. The Labute approximate surface area is 121 Å². The van der Waals surface area contributed by atoms with E-state index < -0.39 is 0 Å². The summed E-state index contributed by atoms with van der Waals surface area (Å²) < 4.78 is 0. The number of ketones is 1. The quantitative estimate of drug-likeness (QED) is 0.862. The summed E-state index contributed by atoms with van der Waals surface area (Å²) in [6, 6.07) is 0. The molecule has 0 atom stereocenters. The van der Waals surface area contributed by atoms with Crippen LogP contribution in [-0.2, 0) is 9.59 Å². The van der Waals surface area contributed by atoms with E-state index in [0.29, 0.717) is 0 Å². The highest BCUT2D eigenvalue weighted by Gasteiger charge is 2.54. The first-order valence-electron chi connectivity index (χ1n) is 8.10. The van der Waals surface area contributed by atoms with Gasteiger partial charge >= 0.3 is 0 Å². The smallest absolute Gasteiger partial charge is 0.226 e. The van der Waals surface area contributed by atoms with Gasteiger partial charge in [-0.3, -0.25) is 9.59 Å². The zero-order valence-electron chi connectivity index (χ0n) is 13.0. The maximum absolute atomic E-state index is 12.7. The Morgan fingerprint density at radius 1 is 1.00 bits per heavy atom. The zero-order valence-corrected chi connectivity index (χ0v) is 13.0. The molecule has 20 heavy (non-hydrogen) atoms. The molecule has 4 rings (SSSR count). The average molecular weight is 277 g/mol. The van der Waals surface area contributed by atoms with Gasteiger partial charge < -0.3 is 5.32 Å². The largest absolute Gasteiger partial charge is 0.349 e. The molecule has 0 unspecified atom stereocenters. The minimum absolute atomic E-state index is 0.121. The molecule has 0 heterocycles. The SMILES string of the molecule is CC(C)(C)C(=O)CNC(=O)C12CC3CC(CC(C3)C1)C2. The fourth-order valence-electron chi connectivity index (χ4n) is 5.00. The molecule has 4 bridgehead atoms. The monoisotopic (exact) mass is 277 g/mol. The number of Topliss-reactive ketones (excluding diaryl/α,β-unsaturated/α-hetero) is 1. The molecular weight excluding hydrogens is 250 g/mol. The lowest BCUT2D eigenvalue weighted by atomic mass is 9.49. The molecule has 4 saturated carbocycles. The number of hydrogen-bond donors (Lipinski definition) is 1. The molecule has 0 aliphatic heterocycles. The summed E-state index contributed by atoms with van der Waals surface area (Å²) in [5.74, 6) is 2.59. The summed E-state index contributed by atoms with van der Waals surface area (Å²) >= 11 is 0. The maximum Gasteiger partial charge on any atom is 0.226 e. The van der Waals surface area contributed by atoms with Crippen molar-refractivity contribution in [1.29, 1.82) is 0 Å². The van der Waals surface area contributed by atoms with Crippen molar-refractivity contribution in [1.82, 2.24) is 5.32 Å².